The fraction of sp³-hybridized carbons (Fsp3) is 0.316. The van der Waals surface area contributed by atoms with Gasteiger partial charge in [-0.1, -0.05) is 29.8 Å². The van der Waals surface area contributed by atoms with E-state index in [2.05, 4.69) is 5.32 Å². The first-order chi connectivity index (χ1) is 11.5. The molecular weight excluding hydrogens is 306 g/mol. The van der Waals surface area contributed by atoms with Gasteiger partial charge in [0.05, 0.1) is 27.4 Å². The van der Waals surface area contributed by atoms with E-state index >= 15 is 0 Å². The molecule has 1 N–H and O–H groups in total. The van der Waals surface area contributed by atoms with Crippen molar-refractivity contribution >= 4 is 5.91 Å². The molecule has 1 amide bonds. The van der Waals surface area contributed by atoms with Gasteiger partial charge in [-0.25, -0.2) is 0 Å². The molecule has 0 saturated heterocycles. The minimum absolute atomic E-state index is 0.114. The number of hydrogen-bond donors (Lipinski definition) is 1. The maximum atomic E-state index is 12.6. The van der Waals surface area contributed by atoms with Crippen molar-refractivity contribution in [3.63, 3.8) is 0 Å². The van der Waals surface area contributed by atoms with Gasteiger partial charge in [0, 0.05) is 5.56 Å². The van der Waals surface area contributed by atoms with Crippen molar-refractivity contribution in [2.45, 2.75) is 19.9 Å². The Labute approximate surface area is 142 Å². The molecule has 0 aliphatic rings. The lowest BCUT2D eigenvalue weighted by Gasteiger charge is -2.17. The van der Waals surface area contributed by atoms with Crippen molar-refractivity contribution < 1.29 is 19.0 Å². The van der Waals surface area contributed by atoms with E-state index in [0.717, 1.165) is 5.56 Å². The van der Waals surface area contributed by atoms with Crippen LogP contribution in [0.15, 0.2) is 36.4 Å². The van der Waals surface area contributed by atoms with E-state index in [-0.39, 0.29) is 11.9 Å². The minimum Gasteiger partial charge on any atom is -0.493 e. The fourth-order valence-electron chi connectivity index (χ4n) is 2.43. The molecule has 5 nitrogen and oxygen atoms in total. The van der Waals surface area contributed by atoms with Gasteiger partial charge >= 0.3 is 0 Å². The van der Waals surface area contributed by atoms with Crippen LogP contribution in [0.25, 0.3) is 0 Å². The number of carbonyl (C=O) groups is 1. The molecule has 0 radical (unpaired) electrons. The highest BCUT2D eigenvalue weighted by Crippen LogP contribution is 2.38. The predicted molar refractivity (Wildman–Crippen MR) is 93.2 cm³/mol. The summed E-state index contributed by atoms with van der Waals surface area (Å²) in [5.41, 5.74) is 2.67. The Morgan fingerprint density at radius 2 is 1.50 bits per heavy atom. The van der Waals surface area contributed by atoms with Crippen LogP contribution in [0.3, 0.4) is 0 Å². The lowest BCUT2D eigenvalue weighted by atomic mass is 10.1. The maximum absolute atomic E-state index is 12.6. The average Bonchev–Trinajstić information content (AvgIpc) is 2.60. The molecule has 2 aromatic carbocycles. The zero-order chi connectivity index (χ0) is 17.7. The number of amides is 1. The van der Waals surface area contributed by atoms with Gasteiger partial charge in [-0.2, -0.15) is 0 Å². The topological polar surface area (TPSA) is 56.8 Å². The number of nitrogens with one attached hydrogen (secondary N) is 1. The third-order valence-electron chi connectivity index (χ3n) is 3.85. The Morgan fingerprint density at radius 1 is 0.958 bits per heavy atom. The number of ether oxygens (including phenoxy) is 3. The number of aryl methyl sites for hydroxylation is 1. The number of methoxy groups -OCH3 is 3. The monoisotopic (exact) mass is 329 g/mol. The zero-order valence-electron chi connectivity index (χ0n) is 14.7. The molecule has 1 unspecified atom stereocenters. The van der Waals surface area contributed by atoms with Crippen molar-refractivity contribution in [2.75, 3.05) is 21.3 Å². The summed E-state index contributed by atoms with van der Waals surface area (Å²) < 4.78 is 15.8. The van der Waals surface area contributed by atoms with Gasteiger partial charge in [0.15, 0.2) is 11.5 Å². The van der Waals surface area contributed by atoms with E-state index in [1.807, 2.05) is 38.1 Å². The largest absolute Gasteiger partial charge is 0.493 e. The molecule has 0 bridgehead atoms. The van der Waals surface area contributed by atoms with Gasteiger partial charge in [0.1, 0.15) is 0 Å². The SMILES string of the molecule is COc1cc(C(=O)NC(C)c2ccc(C)cc2)cc(OC)c1OC. The van der Waals surface area contributed by atoms with Crippen LogP contribution >= 0.6 is 0 Å². The molecule has 24 heavy (non-hydrogen) atoms. The number of carbonyl (C=O) groups excluding carboxylic acids is 1. The fourth-order valence-corrected chi connectivity index (χ4v) is 2.43. The highest BCUT2D eigenvalue weighted by Gasteiger charge is 2.18. The third kappa shape index (κ3) is 3.79. The first-order valence-corrected chi connectivity index (χ1v) is 7.67. The minimum atomic E-state index is -0.206. The van der Waals surface area contributed by atoms with Crippen LogP contribution in [-0.4, -0.2) is 27.2 Å². The van der Waals surface area contributed by atoms with Crippen LogP contribution in [-0.2, 0) is 0 Å². The number of rotatable bonds is 6. The summed E-state index contributed by atoms with van der Waals surface area (Å²) in [4.78, 5) is 12.6. The van der Waals surface area contributed by atoms with Crippen molar-refractivity contribution in [3.8, 4) is 17.2 Å². The lowest BCUT2D eigenvalue weighted by molar-refractivity contribution is 0.0939. The van der Waals surface area contributed by atoms with Gasteiger partial charge in [0.25, 0.3) is 5.91 Å². The van der Waals surface area contributed by atoms with Crippen molar-refractivity contribution in [1.82, 2.24) is 5.32 Å². The summed E-state index contributed by atoms with van der Waals surface area (Å²) in [5, 5.41) is 2.98. The highest BCUT2D eigenvalue weighted by atomic mass is 16.5. The van der Waals surface area contributed by atoms with E-state index in [1.165, 1.54) is 26.9 Å². The molecule has 0 heterocycles. The summed E-state index contributed by atoms with van der Waals surface area (Å²) in [7, 11) is 4.57. The first kappa shape index (κ1) is 17.7. The second-order valence-corrected chi connectivity index (χ2v) is 5.52. The van der Waals surface area contributed by atoms with Crippen LogP contribution < -0.4 is 19.5 Å². The number of benzene rings is 2. The normalized spacial score (nSPS) is 11.5. The molecule has 2 rings (SSSR count). The molecule has 1 atom stereocenters. The molecular formula is C19H23NO4. The predicted octanol–water partition coefficient (Wildman–Crippen LogP) is 3.51. The second-order valence-electron chi connectivity index (χ2n) is 5.52. The Bertz CT molecular complexity index is 685. The van der Waals surface area contributed by atoms with E-state index in [1.54, 1.807) is 12.1 Å². The smallest absolute Gasteiger partial charge is 0.252 e. The molecule has 0 aromatic heterocycles. The molecule has 0 aliphatic heterocycles. The molecule has 5 heteroatoms. The molecule has 0 aliphatic carbocycles. The van der Waals surface area contributed by atoms with Gasteiger partial charge in [-0.3, -0.25) is 4.79 Å². The van der Waals surface area contributed by atoms with Gasteiger partial charge in [0.2, 0.25) is 5.75 Å². The van der Waals surface area contributed by atoms with Crippen LogP contribution in [0.4, 0.5) is 0 Å². The lowest BCUT2D eigenvalue weighted by Crippen LogP contribution is -2.26. The van der Waals surface area contributed by atoms with E-state index in [0.29, 0.717) is 22.8 Å². The Morgan fingerprint density at radius 3 is 1.96 bits per heavy atom. The van der Waals surface area contributed by atoms with Gasteiger partial charge < -0.3 is 19.5 Å². The summed E-state index contributed by atoms with van der Waals surface area (Å²) in [6.07, 6.45) is 0. The van der Waals surface area contributed by atoms with Gasteiger partial charge in [-0.05, 0) is 31.5 Å². The Kier molecular flexibility index (Phi) is 5.68. The number of hydrogen-bond acceptors (Lipinski definition) is 4. The van der Waals surface area contributed by atoms with Crippen LogP contribution in [0, 0.1) is 6.92 Å². The summed E-state index contributed by atoms with van der Waals surface area (Å²) >= 11 is 0. The van der Waals surface area contributed by atoms with E-state index < -0.39 is 0 Å². The molecule has 0 saturated carbocycles. The van der Waals surface area contributed by atoms with Crippen LogP contribution in [0.1, 0.15) is 34.5 Å². The summed E-state index contributed by atoms with van der Waals surface area (Å²) in [6, 6.07) is 11.2. The quantitative estimate of drug-likeness (QED) is 0.881. The van der Waals surface area contributed by atoms with Crippen LogP contribution in [0.5, 0.6) is 17.2 Å². The standard InChI is InChI=1S/C19H23NO4/c1-12-6-8-14(9-7-12)13(2)20-19(21)15-10-16(22-3)18(24-5)17(11-15)23-4/h6-11,13H,1-5H3,(H,20,21). The average molecular weight is 329 g/mol. The highest BCUT2D eigenvalue weighted by molar-refractivity contribution is 5.95. The molecule has 128 valence electrons. The Balaban J connectivity index is 2.24. The van der Waals surface area contributed by atoms with Crippen molar-refractivity contribution in [3.05, 3.63) is 53.1 Å². The maximum Gasteiger partial charge on any atom is 0.252 e. The molecule has 2 aromatic rings. The molecule has 0 fully saturated rings. The van der Waals surface area contributed by atoms with Gasteiger partial charge in [-0.15, -0.1) is 0 Å². The summed E-state index contributed by atoms with van der Waals surface area (Å²) in [5.74, 6) is 1.15. The third-order valence-corrected chi connectivity index (χ3v) is 3.85. The molecule has 0 spiro atoms. The van der Waals surface area contributed by atoms with E-state index in [4.69, 9.17) is 14.2 Å². The second kappa shape index (κ2) is 7.73. The van der Waals surface area contributed by atoms with Crippen LogP contribution in [0.2, 0.25) is 0 Å². The summed E-state index contributed by atoms with van der Waals surface area (Å²) in [6.45, 7) is 3.98. The first-order valence-electron chi connectivity index (χ1n) is 7.67. The van der Waals surface area contributed by atoms with Crippen molar-refractivity contribution in [1.29, 1.82) is 0 Å². The van der Waals surface area contributed by atoms with Crippen molar-refractivity contribution in [2.24, 2.45) is 0 Å². The zero-order valence-corrected chi connectivity index (χ0v) is 14.7. The van der Waals surface area contributed by atoms with E-state index in [9.17, 15) is 4.79 Å². The Hall–Kier alpha value is -2.69.